The van der Waals surface area contributed by atoms with E-state index in [-0.39, 0.29) is 13.2 Å². The van der Waals surface area contributed by atoms with Crippen LogP contribution in [-0.2, 0) is 9.47 Å². The number of esters is 2. The molecule has 0 N–H and O–H groups in total. The first-order valence-electron chi connectivity index (χ1n) is 14.4. The van der Waals surface area contributed by atoms with E-state index in [0.29, 0.717) is 16.7 Å². The number of carbonyl (C=O) groups is 2. The average molecular weight is 558 g/mol. The molecule has 0 unspecified atom stereocenters. The van der Waals surface area contributed by atoms with Crippen molar-refractivity contribution >= 4 is 47.2 Å². The van der Waals surface area contributed by atoms with Crippen LogP contribution in [0.15, 0.2) is 70.5 Å². The molecule has 210 valence electrons. The molecule has 1 aliphatic rings. The second-order valence-electron chi connectivity index (χ2n) is 9.79. The van der Waals surface area contributed by atoms with Gasteiger partial charge in [-0.25, -0.2) is 9.59 Å². The van der Waals surface area contributed by atoms with Gasteiger partial charge < -0.3 is 14.4 Å². The van der Waals surface area contributed by atoms with Gasteiger partial charge in [0.2, 0.25) is 0 Å². The summed E-state index contributed by atoms with van der Waals surface area (Å²) in [5.41, 5.74) is 4.90. The van der Waals surface area contributed by atoms with E-state index in [2.05, 4.69) is 54.3 Å². The molecule has 3 aromatic rings. The van der Waals surface area contributed by atoms with Gasteiger partial charge in [0.25, 0.3) is 0 Å². The lowest BCUT2D eigenvalue weighted by molar-refractivity contribution is 0.0511. The number of benzene rings is 3. The van der Waals surface area contributed by atoms with Gasteiger partial charge in [-0.05, 0) is 73.9 Å². The number of unbranched alkanes of at least 4 members (excludes halogenated alkanes) is 5. The van der Waals surface area contributed by atoms with Crippen molar-refractivity contribution in [2.75, 3.05) is 24.7 Å². The molecule has 0 bridgehead atoms. The van der Waals surface area contributed by atoms with E-state index in [9.17, 15) is 9.59 Å². The van der Waals surface area contributed by atoms with Gasteiger partial charge in [0.05, 0.1) is 35.7 Å². The van der Waals surface area contributed by atoms with E-state index in [1.807, 2.05) is 12.2 Å². The van der Waals surface area contributed by atoms with Crippen LogP contribution < -0.4 is 4.90 Å². The van der Waals surface area contributed by atoms with E-state index in [0.717, 1.165) is 18.5 Å². The van der Waals surface area contributed by atoms with Gasteiger partial charge in [0.15, 0.2) is 0 Å². The Morgan fingerprint density at radius 3 is 2.27 bits per heavy atom. The maximum atomic E-state index is 12.6. The maximum Gasteiger partial charge on any atom is 0.338 e. The van der Waals surface area contributed by atoms with Crippen molar-refractivity contribution < 1.29 is 19.1 Å². The van der Waals surface area contributed by atoms with Crippen molar-refractivity contribution in [2.45, 2.75) is 69.1 Å². The first kappa shape index (κ1) is 29.5. The molecule has 0 aliphatic carbocycles. The van der Waals surface area contributed by atoms with Crippen molar-refractivity contribution in [2.24, 2.45) is 0 Å². The summed E-state index contributed by atoms with van der Waals surface area (Å²) in [6.07, 6.45) is 11.4. The first-order chi connectivity index (χ1) is 19.5. The van der Waals surface area contributed by atoms with Crippen molar-refractivity contribution in [3.63, 3.8) is 0 Å². The Bertz CT molecular complexity index is 1350. The normalized spacial score (nSPS) is 12.2. The highest BCUT2D eigenvalue weighted by Gasteiger charge is 2.23. The molecule has 3 aromatic carbocycles. The van der Waals surface area contributed by atoms with E-state index in [4.69, 9.17) is 9.47 Å². The van der Waals surface area contributed by atoms with E-state index >= 15 is 0 Å². The smallest absolute Gasteiger partial charge is 0.338 e. The third-order valence-corrected chi connectivity index (χ3v) is 8.03. The highest BCUT2D eigenvalue weighted by molar-refractivity contribution is 7.99. The second-order valence-corrected chi connectivity index (χ2v) is 10.9. The number of ether oxygens (including phenoxy) is 2. The fraction of sp³-hybridized carbons (Fsp3) is 0.353. The standard InChI is InChI=1S/C34H39NO4S/c1-4-7-8-9-10-13-22-35-29-14-11-12-15-31(29)40-32-21-17-25(23-30(32)35)16-18-26-24-27(33(36)38-5-2)19-20-28(26)34(37)39-6-3/h11-12,14-21,23-24H,4-10,13,22H2,1-3H3. The summed E-state index contributed by atoms with van der Waals surface area (Å²) >= 11 is 1.80. The quantitative estimate of drug-likeness (QED) is 0.119. The third-order valence-electron chi connectivity index (χ3n) is 6.90. The molecule has 0 fully saturated rings. The van der Waals surface area contributed by atoms with Gasteiger partial charge >= 0.3 is 11.9 Å². The Morgan fingerprint density at radius 1 is 0.750 bits per heavy atom. The topological polar surface area (TPSA) is 55.8 Å². The summed E-state index contributed by atoms with van der Waals surface area (Å²) in [7, 11) is 0. The molecular formula is C34H39NO4S. The zero-order valence-corrected chi connectivity index (χ0v) is 24.6. The minimum atomic E-state index is -0.416. The molecule has 0 amide bonds. The highest BCUT2D eigenvalue weighted by atomic mass is 32.2. The molecule has 40 heavy (non-hydrogen) atoms. The highest BCUT2D eigenvalue weighted by Crippen LogP contribution is 2.48. The molecule has 0 saturated heterocycles. The lowest BCUT2D eigenvalue weighted by Crippen LogP contribution is -2.22. The van der Waals surface area contributed by atoms with Crippen molar-refractivity contribution in [1.29, 1.82) is 0 Å². The number of hydrogen-bond donors (Lipinski definition) is 0. The minimum absolute atomic E-state index is 0.278. The molecule has 0 radical (unpaired) electrons. The average Bonchev–Trinajstić information content (AvgIpc) is 2.97. The Labute approximate surface area is 242 Å². The van der Waals surface area contributed by atoms with Crippen LogP contribution >= 0.6 is 11.8 Å². The summed E-state index contributed by atoms with van der Waals surface area (Å²) < 4.78 is 10.4. The van der Waals surface area contributed by atoms with E-state index < -0.39 is 11.9 Å². The summed E-state index contributed by atoms with van der Waals surface area (Å²) in [6, 6.07) is 20.0. The third kappa shape index (κ3) is 7.36. The monoisotopic (exact) mass is 557 g/mol. The Hall–Kier alpha value is -3.51. The van der Waals surface area contributed by atoms with Crippen LogP contribution in [0, 0.1) is 0 Å². The van der Waals surface area contributed by atoms with Crippen LogP contribution in [0.4, 0.5) is 11.4 Å². The summed E-state index contributed by atoms with van der Waals surface area (Å²) in [4.78, 5) is 30.0. The zero-order chi connectivity index (χ0) is 28.3. The van der Waals surface area contributed by atoms with Crippen molar-refractivity contribution in [3.05, 3.63) is 82.9 Å². The SMILES string of the molecule is CCCCCCCCN1c2ccccc2Sc2ccc(C=Cc3cc(C(=O)OCC)ccc3C(=O)OCC)cc21. The minimum Gasteiger partial charge on any atom is -0.462 e. The Balaban J connectivity index is 1.62. The number of carbonyl (C=O) groups excluding carboxylic acids is 2. The number of hydrogen-bond acceptors (Lipinski definition) is 6. The lowest BCUT2D eigenvalue weighted by Gasteiger charge is -2.33. The summed E-state index contributed by atoms with van der Waals surface area (Å²) in [5.74, 6) is -0.830. The van der Waals surface area contributed by atoms with Crippen molar-refractivity contribution in [3.8, 4) is 0 Å². The number of nitrogens with zero attached hydrogens (tertiary/aromatic N) is 1. The predicted octanol–water partition coefficient (Wildman–Crippen LogP) is 9.17. The molecular weight excluding hydrogens is 518 g/mol. The molecule has 0 aromatic heterocycles. The van der Waals surface area contributed by atoms with Crippen LogP contribution in [0.5, 0.6) is 0 Å². The van der Waals surface area contributed by atoms with E-state index in [1.54, 1.807) is 43.8 Å². The zero-order valence-electron chi connectivity index (χ0n) is 23.8. The maximum absolute atomic E-state index is 12.6. The largest absolute Gasteiger partial charge is 0.462 e. The van der Waals surface area contributed by atoms with Gasteiger partial charge in [-0.2, -0.15) is 0 Å². The van der Waals surface area contributed by atoms with Gasteiger partial charge in [-0.15, -0.1) is 0 Å². The first-order valence-corrected chi connectivity index (χ1v) is 15.2. The number of anilines is 2. The molecule has 1 aliphatic heterocycles. The van der Waals surface area contributed by atoms with Crippen LogP contribution in [0.2, 0.25) is 0 Å². The van der Waals surface area contributed by atoms with E-state index in [1.165, 1.54) is 53.3 Å². The van der Waals surface area contributed by atoms with Gasteiger partial charge in [0.1, 0.15) is 0 Å². The van der Waals surface area contributed by atoms with Crippen LogP contribution in [0.25, 0.3) is 12.2 Å². The van der Waals surface area contributed by atoms with Gasteiger partial charge in [-0.3, -0.25) is 0 Å². The Kier molecular flexibility index (Phi) is 10.9. The van der Waals surface area contributed by atoms with Gasteiger partial charge in [0, 0.05) is 16.3 Å². The van der Waals surface area contributed by atoms with Gasteiger partial charge in [-0.1, -0.05) is 81.1 Å². The molecule has 0 spiro atoms. The molecule has 5 nitrogen and oxygen atoms in total. The Morgan fingerprint density at radius 2 is 1.48 bits per heavy atom. The van der Waals surface area contributed by atoms with Crippen LogP contribution in [0.3, 0.4) is 0 Å². The van der Waals surface area contributed by atoms with Crippen molar-refractivity contribution in [1.82, 2.24) is 0 Å². The lowest BCUT2D eigenvalue weighted by atomic mass is 10.0. The molecule has 0 saturated carbocycles. The fourth-order valence-electron chi connectivity index (χ4n) is 4.86. The summed E-state index contributed by atoms with van der Waals surface area (Å²) in [5, 5.41) is 0. The second kappa shape index (κ2) is 14.8. The molecule has 0 atom stereocenters. The number of fused-ring (bicyclic) bond motifs is 2. The predicted molar refractivity (Wildman–Crippen MR) is 165 cm³/mol. The molecule has 4 rings (SSSR count). The molecule has 1 heterocycles. The molecule has 6 heteroatoms. The number of para-hydroxylation sites is 1. The summed E-state index contributed by atoms with van der Waals surface area (Å²) in [6.45, 7) is 7.34. The van der Waals surface area contributed by atoms with Crippen LogP contribution in [-0.4, -0.2) is 31.7 Å². The van der Waals surface area contributed by atoms with Crippen LogP contribution in [0.1, 0.15) is 91.1 Å². The fourth-order valence-corrected chi connectivity index (χ4v) is 5.94. The number of rotatable bonds is 13.